The van der Waals surface area contributed by atoms with Crippen LogP contribution in [-0.2, 0) is 10.7 Å². The second-order valence-electron chi connectivity index (χ2n) is 9.65. The number of pyridine rings is 1. The van der Waals surface area contributed by atoms with Crippen molar-refractivity contribution < 1.29 is 13.5 Å². The number of halogens is 2. The fourth-order valence-corrected chi connectivity index (χ4v) is 4.74. The summed E-state index contributed by atoms with van der Waals surface area (Å²) in [7, 11) is 2.06. The minimum atomic E-state index is -2.90. The molecule has 182 valence electrons. The van der Waals surface area contributed by atoms with Gasteiger partial charge in [-0.05, 0) is 43.9 Å². The molecule has 3 aromatic rings. The van der Waals surface area contributed by atoms with E-state index in [1.807, 2.05) is 26.1 Å². The Kier molecular flexibility index (Phi) is 6.71. The van der Waals surface area contributed by atoms with Crippen LogP contribution >= 0.6 is 0 Å². The van der Waals surface area contributed by atoms with Gasteiger partial charge in [0.1, 0.15) is 0 Å². The van der Waals surface area contributed by atoms with Gasteiger partial charge in [-0.15, -0.1) is 5.10 Å². The molecule has 0 amide bonds. The zero-order valence-corrected chi connectivity index (χ0v) is 20.7. The van der Waals surface area contributed by atoms with Crippen LogP contribution in [0.1, 0.15) is 49.2 Å². The maximum atomic E-state index is 14.1. The number of alkyl halides is 2. The number of aryl methyl sites for hydroxylation is 1. The van der Waals surface area contributed by atoms with Gasteiger partial charge >= 0.3 is 0 Å². The van der Waals surface area contributed by atoms with Crippen molar-refractivity contribution in [3.05, 3.63) is 52.8 Å². The number of benzene rings is 1. The first kappa shape index (κ1) is 24.3. The Hall–Kier alpha value is -2.87. The van der Waals surface area contributed by atoms with Crippen molar-refractivity contribution in [1.29, 1.82) is 0 Å². The lowest BCUT2D eigenvalue weighted by Crippen LogP contribution is -2.28. The molecule has 1 aliphatic rings. The average molecular weight is 470 g/mol. The van der Waals surface area contributed by atoms with Gasteiger partial charge in [0.2, 0.25) is 0 Å². The molecule has 4 rings (SSSR count). The number of nitrogens with zero attached hydrogens (tertiary/aromatic N) is 4. The summed E-state index contributed by atoms with van der Waals surface area (Å²) in [5.74, 6) is -1.32. The number of anilines is 2. The van der Waals surface area contributed by atoms with Gasteiger partial charge < -0.3 is 15.0 Å². The second kappa shape index (κ2) is 9.41. The Morgan fingerprint density at radius 2 is 2.00 bits per heavy atom. The zero-order chi connectivity index (χ0) is 24.6. The molecule has 0 radical (unpaired) electrons. The summed E-state index contributed by atoms with van der Waals surface area (Å²) in [4.78, 5) is 6.88. The van der Waals surface area contributed by atoms with Crippen molar-refractivity contribution in [1.82, 2.24) is 15.2 Å². The first-order chi connectivity index (χ1) is 16.1. The van der Waals surface area contributed by atoms with E-state index in [-0.39, 0.29) is 11.6 Å². The summed E-state index contributed by atoms with van der Waals surface area (Å²) in [6.07, 6.45) is 1.86. The molecule has 3 atom stereocenters. The van der Waals surface area contributed by atoms with E-state index in [0.29, 0.717) is 23.2 Å². The Morgan fingerprint density at radius 3 is 2.68 bits per heavy atom. The molecule has 0 unspecified atom stereocenters. The molecule has 8 heteroatoms. The maximum Gasteiger partial charge on any atom is 0.270 e. The summed E-state index contributed by atoms with van der Waals surface area (Å²) < 4.78 is 33.7. The SMILES string of the molecule is Cc1c([C@@H](C)Nc2nnc(C)c3ncc(N(C)C[C@@H]4COC[C@@H]4C)cc23)cccc1C(C)(F)F. The molecule has 3 heterocycles. The molecule has 2 aromatic heterocycles. The van der Waals surface area contributed by atoms with E-state index in [1.54, 1.807) is 13.0 Å². The monoisotopic (exact) mass is 469 g/mol. The lowest BCUT2D eigenvalue weighted by molar-refractivity contribution is 0.0167. The van der Waals surface area contributed by atoms with E-state index < -0.39 is 5.92 Å². The van der Waals surface area contributed by atoms with E-state index >= 15 is 0 Å². The lowest BCUT2D eigenvalue weighted by Gasteiger charge is -2.25. The van der Waals surface area contributed by atoms with Gasteiger partial charge in [0, 0.05) is 44.0 Å². The molecule has 1 saturated heterocycles. The van der Waals surface area contributed by atoms with Crippen molar-refractivity contribution in [2.45, 2.75) is 46.6 Å². The van der Waals surface area contributed by atoms with Crippen LogP contribution in [0.25, 0.3) is 10.9 Å². The Bertz CT molecular complexity index is 1180. The van der Waals surface area contributed by atoms with Crippen molar-refractivity contribution >= 4 is 22.4 Å². The first-order valence-electron chi connectivity index (χ1n) is 11.7. The highest BCUT2D eigenvalue weighted by molar-refractivity contribution is 5.92. The van der Waals surface area contributed by atoms with E-state index in [9.17, 15) is 8.78 Å². The third-order valence-electron chi connectivity index (χ3n) is 6.91. The molecule has 6 nitrogen and oxygen atoms in total. The van der Waals surface area contributed by atoms with E-state index in [2.05, 4.69) is 45.4 Å². The third-order valence-corrected chi connectivity index (χ3v) is 6.91. The van der Waals surface area contributed by atoms with Crippen molar-refractivity contribution in [3.63, 3.8) is 0 Å². The number of hydrogen-bond acceptors (Lipinski definition) is 6. The topological polar surface area (TPSA) is 63.2 Å². The van der Waals surface area contributed by atoms with Crippen LogP contribution in [0.4, 0.5) is 20.3 Å². The molecule has 1 fully saturated rings. The highest BCUT2D eigenvalue weighted by Gasteiger charge is 2.28. The Morgan fingerprint density at radius 1 is 1.24 bits per heavy atom. The van der Waals surface area contributed by atoms with Gasteiger partial charge in [-0.2, -0.15) is 5.10 Å². The van der Waals surface area contributed by atoms with Gasteiger partial charge in [-0.3, -0.25) is 4.98 Å². The smallest absolute Gasteiger partial charge is 0.270 e. The zero-order valence-electron chi connectivity index (χ0n) is 20.7. The molecule has 34 heavy (non-hydrogen) atoms. The number of nitrogens with one attached hydrogen (secondary N) is 1. The van der Waals surface area contributed by atoms with E-state index in [4.69, 9.17) is 4.74 Å². The van der Waals surface area contributed by atoms with Crippen molar-refractivity contribution in [3.8, 4) is 0 Å². The first-order valence-corrected chi connectivity index (χ1v) is 11.7. The van der Waals surface area contributed by atoms with Gasteiger partial charge in [0.05, 0.1) is 35.7 Å². The number of fused-ring (bicyclic) bond motifs is 1. The molecular weight excluding hydrogens is 436 g/mol. The normalized spacial score (nSPS) is 19.4. The number of ether oxygens (including phenoxy) is 1. The molecular formula is C26H33F2N5O. The van der Waals surface area contributed by atoms with Crippen molar-refractivity contribution in [2.75, 3.05) is 37.0 Å². The van der Waals surface area contributed by atoms with Gasteiger partial charge in [0.15, 0.2) is 5.82 Å². The standard InChI is InChI=1S/C26H33F2N5O/c1-15-13-34-14-19(15)12-33(6)20-10-22-24(29-11-20)18(4)31-32-25(22)30-17(3)21-8-7-9-23(16(21)2)26(5,27)28/h7-11,15,17,19H,12-14H2,1-6H3,(H,30,32)/t15-,17+,19+/m0/s1. The van der Waals surface area contributed by atoms with Crippen LogP contribution in [0.2, 0.25) is 0 Å². The fourth-order valence-electron chi connectivity index (χ4n) is 4.74. The Labute approximate surface area is 199 Å². The predicted octanol–water partition coefficient (Wildman–Crippen LogP) is 5.65. The minimum Gasteiger partial charge on any atom is -0.381 e. The maximum absolute atomic E-state index is 14.1. The molecule has 1 aliphatic heterocycles. The minimum absolute atomic E-state index is 0.0363. The quantitative estimate of drug-likeness (QED) is 0.483. The van der Waals surface area contributed by atoms with E-state index in [1.165, 1.54) is 6.07 Å². The number of rotatable bonds is 7. The van der Waals surface area contributed by atoms with Crippen molar-refractivity contribution in [2.24, 2.45) is 11.8 Å². The van der Waals surface area contributed by atoms with E-state index in [0.717, 1.165) is 54.5 Å². The van der Waals surface area contributed by atoms with Crippen LogP contribution in [-0.4, -0.2) is 42.0 Å². The van der Waals surface area contributed by atoms with Crippen LogP contribution in [0.3, 0.4) is 0 Å². The van der Waals surface area contributed by atoms with Crippen LogP contribution < -0.4 is 10.2 Å². The average Bonchev–Trinajstić information content (AvgIpc) is 3.19. The summed E-state index contributed by atoms with van der Waals surface area (Å²) in [5.41, 5.74) is 3.90. The summed E-state index contributed by atoms with van der Waals surface area (Å²) in [6, 6.07) is 6.85. The molecule has 0 spiro atoms. The Balaban J connectivity index is 1.65. The highest BCUT2D eigenvalue weighted by Crippen LogP contribution is 2.35. The highest BCUT2D eigenvalue weighted by atomic mass is 19.3. The van der Waals surface area contributed by atoms with Gasteiger partial charge in [0.25, 0.3) is 5.92 Å². The molecule has 0 aliphatic carbocycles. The van der Waals surface area contributed by atoms with Crippen LogP contribution in [0, 0.1) is 25.7 Å². The molecule has 0 bridgehead atoms. The lowest BCUT2D eigenvalue weighted by atomic mass is 9.94. The predicted molar refractivity (Wildman–Crippen MR) is 132 cm³/mol. The van der Waals surface area contributed by atoms with Crippen LogP contribution in [0.5, 0.6) is 0 Å². The molecule has 1 aromatic carbocycles. The van der Waals surface area contributed by atoms with Crippen LogP contribution in [0.15, 0.2) is 30.5 Å². The summed E-state index contributed by atoms with van der Waals surface area (Å²) in [5, 5.41) is 12.9. The fraction of sp³-hybridized carbons (Fsp3) is 0.500. The summed E-state index contributed by atoms with van der Waals surface area (Å²) >= 11 is 0. The second-order valence-corrected chi connectivity index (χ2v) is 9.65. The van der Waals surface area contributed by atoms with Gasteiger partial charge in [-0.1, -0.05) is 25.1 Å². The summed E-state index contributed by atoms with van der Waals surface area (Å²) in [6.45, 7) is 11.2. The number of aromatic nitrogens is 3. The number of hydrogen-bond donors (Lipinski definition) is 1. The third kappa shape index (κ3) is 4.82. The largest absolute Gasteiger partial charge is 0.381 e. The molecule has 0 saturated carbocycles. The molecule has 1 N–H and O–H groups in total. The van der Waals surface area contributed by atoms with Gasteiger partial charge in [-0.25, -0.2) is 8.78 Å².